The van der Waals surface area contributed by atoms with Gasteiger partial charge in [0.2, 0.25) is 0 Å². The second-order valence-electron chi connectivity index (χ2n) is 2.39. The number of nitrogens with zero attached hydrogens (tertiary/aromatic N) is 1. The monoisotopic (exact) mass is 246 g/mol. The van der Waals surface area contributed by atoms with Crippen LogP contribution in [0.5, 0.6) is 0 Å². The molecule has 1 unspecified atom stereocenters. The van der Waals surface area contributed by atoms with Gasteiger partial charge < -0.3 is 22.3 Å². The number of aliphatic carboxylic acids is 1. The Labute approximate surface area is 94.7 Å². The van der Waals surface area contributed by atoms with Gasteiger partial charge in [-0.1, -0.05) is 0 Å². The molecule has 0 saturated carbocycles. The first-order chi connectivity index (χ1) is 5.54. The molecule has 0 saturated heterocycles. The third kappa shape index (κ3) is 11.3. The zero-order valence-corrected chi connectivity index (χ0v) is 9.18. The molecule has 0 heterocycles. The zero-order chi connectivity index (χ0) is 9.56. The van der Waals surface area contributed by atoms with Crippen molar-refractivity contribution in [2.75, 3.05) is 6.54 Å². The van der Waals surface area contributed by atoms with Crippen molar-refractivity contribution in [3.63, 3.8) is 0 Å². The molecule has 0 aliphatic carbocycles. The molecule has 0 fully saturated rings. The minimum atomic E-state index is -1.00. The number of guanidine groups is 1. The summed E-state index contributed by atoms with van der Waals surface area (Å²) in [6.45, 7) is 0.420. The quantitative estimate of drug-likeness (QED) is 0.290. The summed E-state index contributed by atoms with van der Waals surface area (Å²) < 4.78 is 0. The number of halogens is 2. The lowest BCUT2D eigenvalue weighted by atomic mass is 10.2. The Bertz CT molecular complexity index is 185. The Morgan fingerprint density at radius 3 is 2.21 bits per heavy atom. The highest BCUT2D eigenvalue weighted by atomic mass is 35.5. The molecular weight excluding hydrogens is 231 g/mol. The molecule has 0 spiro atoms. The number of carbonyl (C=O) groups is 1. The van der Waals surface area contributed by atoms with E-state index in [1.54, 1.807) is 0 Å². The smallest absolute Gasteiger partial charge is 0.320 e. The van der Waals surface area contributed by atoms with E-state index in [0.717, 1.165) is 0 Å². The summed E-state index contributed by atoms with van der Waals surface area (Å²) in [6.07, 6.45) is 0.956. The van der Waals surface area contributed by atoms with Gasteiger partial charge in [0.25, 0.3) is 0 Å². The maximum absolute atomic E-state index is 10.2. The van der Waals surface area contributed by atoms with Crippen LogP contribution in [0, 0.1) is 0 Å². The third-order valence-electron chi connectivity index (χ3n) is 1.28. The van der Waals surface area contributed by atoms with Gasteiger partial charge in [0, 0.05) is 6.54 Å². The summed E-state index contributed by atoms with van der Waals surface area (Å²) in [5.41, 5.74) is 15.3. The lowest BCUT2D eigenvalue weighted by Gasteiger charge is -2.03. The molecule has 0 bridgehead atoms. The minimum absolute atomic E-state index is 0. The molecule has 7 N–H and O–H groups in total. The molecule has 86 valence electrons. The minimum Gasteiger partial charge on any atom is -0.480 e. The summed E-state index contributed by atoms with van der Waals surface area (Å²) in [5, 5.41) is 8.38. The molecule has 0 aliphatic heterocycles. The maximum Gasteiger partial charge on any atom is 0.320 e. The maximum atomic E-state index is 10.2. The third-order valence-corrected chi connectivity index (χ3v) is 1.28. The highest BCUT2D eigenvalue weighted by Gasteiger charge is 2.09. The second-order valence-corrected chi connectivity index (χ2v) is 2.39. The van der Waals surface area contributed by atoms with E-state index in [2.05, 4.69) is 4.99 Å². The molecule has 6 nitrogen and oxygen atoms in total. The predicted octanol–water partition coefficient (Wildman–Crippen LogP) is -0.704. The second kappa shape index (κ2) is 10.4. The fourth-order valence-electron chi connectivity index (χ4n) is 0.643. The lowest BCUT2D eigenvalue weighted by molar-refractivity contribution is -0.138. The first-order valence-electron chi connectivity index (χ1n) is 3.58. The van der Waals surface area contributed by atoms with Gasteiger partial charge in [0.05, 0.1) is 0 Å². The number of rotatable bonds is 5. The van der Waals surface area contributed by atoms with E-state index >= 15 is 0 Å². The van der Waals surface area contributed by atoms with Crippen molar-refractivity contribution in [3.8, 4) is 0 Å². The van der Waals surface area contributed by atoms with Gasteiger partial charge in [-0.2, -0.15) is 0 Å². The van der Waals surface area contributed by atoms with Crippen molar-refractivity contribution >= 4 is 36.7 Å². The van der Waals surface area contributed by atoms with Crippen LogP contribution >= 0.6 is 24.8 Å². The fourth-order valence-corrected chi connectivity index (χ4v) is 0.643. The van der Waals surface area contributed by atoms with Crippen molar-refractivity contribution < 1.29 is 9.90 Å². The van der Waals surface area contributed by atoms with Crippen LogP contribution in [0.25, 0.3) is 0 Å². The molecule has 0 aromatic rings. The van der Waals surface area contributed by atoms with E-state index < -0.39 is 12.0 Å². The van der Waals surface area contributed by atoms with Crippen LogP contribution < -0.4 is 17.2 Å². The van der Waals surface area contributed by atoms with Gasteiger partial charge in [-0.25, -0.2) is 0 Å². The Hall–Kier alpha value is -0.720. The van der Waals surface area contributed by atoms with Crippen molar-refractivity contribution in [1.82, 2.24) is 0 Å². The van der Waals surface area contributed by atoms with Crippen LogP contribution in [0.3, 0.4) is 0 Å². The average Bonchev–Trinajstić information content (AvgIpc) is 1.97. The molecule has 1 atom stereocenters. The summed E-state index contributed by atoms with van der Waals surface area (Å²) in [4.78, 5) is 13.9. The van der Waals surface area contributed by atoms with E-state index in [-0.39, 0.29) is 30.8 Å². The van der Waals surface area contributed by atoms with Crippen molar-refractivity contribution in [2.24, 2.45) is 22.2 Å². The normalized spacial score (nSPS) is 10.4. The van der Waals surface area contributed by atoms with E-state index in [0.29, 0.717) is 19.4 Å². The van der Waals surface area contributed by atoms with E-state index in [9.17, 15) is 4.79 Å². The predicted molar refractivity (Wildman–Crippen MR) is 60.0 cm³/mol. The van der Waals surface area contributed by atoms with Crippen molar-refractivity contribution in [2.45, 2.75) is 18.9 Å². The first kappa shape index (κ1) is 18.9. The first-order valence-corrected chi connectivity index (χ1v) is 3.58. The highest BCUT2D eigenvalue weighted by molar-refractivity contribution is 5.85. The summed E-state index contributed by atoms with van der Waals surface area (Å²) >= 11 is 0. The molecule has 0 rings (SSSR count). The van der Waals surface area contributed by atoms with Gasteiger partial charge in [0.1, 0.15) is 6.04 Å². The molecule has 0 aliphatic rings. The number of hydrogen-bond donors (Lipinski definition) is 4. The Balaban J connectivity index is -0.000000605. The van der Waals surface area contributed by atoms with Crippen LogP contribution in [0.4, 0.5) is 0 Å². The molecular formula is C6H16Cl2N4O2. The number of aliphatic imine (C=N–C) groups is 1. The van der Waals surface area contributed by atoms with Crippen LogP contribution in [-0.4, -0.2) is 29.6 Å². The Morgan fingerprint density at radius 2 is 1.86 bits per heavy atom. The van der Waals surface area contributed by atoms with Gasteiger partial charge in [-0.15, -0.1) is 24.8 Å². The summed E-state index contributed by atoms with van der Waals surface area (Å²) in [5.74, 6) is -0.987. The van der Waals surface area contributed by atoms with Gasteiger partial charge >= 0.3 is 5.97 Å². The highest BCUT2D eigenvalue weighted by Crippen LogP contribution is 1.94. The fraction of sp³-hybridized carbons (Fsp3) is 0.667. The van der Waals surface area contributed by atoms with E-state index in [4.69, 9.17) is 22.3 Å². The number of carboxylic acids is 1. The molecule has 8 heteroatoms. The number of hydrogen-bond acceptors (Lipinski definition) is 3. The average molecular weight is 247 g/mol. The van der Waals surface area contributed by atoms with Gasteiger partial charge in [-0.05, 0) is 12.8 Å². The Morgan fingerprint density at radius 1 is 1.36 bits per heavy atom. The molecule has 0 amide bonds. The number of nitrogens with two attached hydrogens (primary N) is 3. The van der Waals surface area contributed by atoms with Crippen LogP contribution in [0.2, 0.25) is 0 Å². The van der Waals surface area contributed by atoms with E-state index in [1.807, 2.05) is 0 Å². The summed E-state index contributed by atoms with van der Waals surface area (Å²) in [6, 6.07) is -0.820. The Kier molecular flexibility index (Phi) is 14.0. The van der Waals surface area contributed by atoms with Gasteiger partial charge in [0.15, 0.2) is 5.96 Å². The molecule has 14 heavy (non-hydrogen) atoms. The van der Waals surface area contributed by atoms with Gasteiger partial charge in [-0.3, -0.25) is 9.79 Å². The standard InChI is InChI=1S/C6H14N4O2.2ClH/c7-4(5(11)12)2-1-3-10-6(8)9;;/h4H,1-3,7H2,(H,11,12)(H4,8,9,10);2*1H. The van der Waals surface area contributed by atoms with Crippen molar-refractivity contribution in [1.29, 1.82) is 0 Å². The molecule has 0 aromatic carbocycles. The zero-order valence-electron chi connectivity index (χ0n) is 7.55. The van der Waals surface area contributed by atoms with Crippen molar-refractivity contribution in [3.05, 3.63) is 0 Å². The SMILES string of the molecule is Cl.Cl.NC(N)=NCCCC(N)C(=O)O. The largest absolute Gasteiger partial charge is 0.480 e. The lowest BCUT2D eigenvalue weighted by Crippen LogP contribution is -2.30. The summed E-state index contributed by atoms with van der Waals surface area (Å²) in [7, 11) is 0. The van der Waals surface area contributed by atoms with Crippen LogP contribution in [0.1, 0.15) is 12.8 Å². The number of carboxylic acid groups (broad SMARTS) is 1. The molecule has 0 radical (unpaired) electrons. The topological polar surface area (TPSA) is 128 Å². The van der Waals surface area contributed by atoms with E-state index in [1.165, 1.54) is 0 Å². The molecule has 0 aromatic heterocycles. The van der Waals surface area contributed by atoms with Crippen LogP contribution in [-0.2, 0) is 4.79 Å². The van der Waals surface area contributed by atoms with Crippen LogP contribution in [0.15, 0.2) is 4.99 Å².